The Morgan fingerprint density at radius 3 is 2.67 bits per heavy atom. The van der Waals surface area contributed by atoms with Crippen LogP contribution < -0.4 is 5.73 Å². The molecular weight excluding hydrogens is 150 g/mol. The van der Waals surface area contributed by atoms with E-state index in [4.69, 9.17) is 5.73 Å². The van der Waals surface area contributed by atoms with Crippen molar-refractivity contribution in [2.75, 3.05) is 5.73 Å². The maximum atomic E-state index is 5.50. The fourth-order valence-corrected chi connectivity index (χ4v) is 0.906. The van der Waals surface area contributed by atoms with Crippen molar-refractivity contribution in [2.24, 2.45) is 0 Å². The molecule has 0 aromatic carbocycles. The molecule has 0 saturated carbocycles. The summed E-state index contributed by atoms with van der Waals surface area (Å²) in [7, 11) is 0. The number of hydrogen-bond acceptors (Lipinski definition) is 3. The molecule has 0 aliphatic carbocycles. The molecule has 0 fully saturated rings. The van der Waals surface area contributed by atoms with Crippen LogP contribution in [-0.2, 0) is 0 Å². The molecule has 0 atom stereocenters. The van der Waals surface area contributed by atoms with Crippen LogP contribution in [0.15, 0.2) is 12.6 Å². The normalized spacial score (nSPS) is 10.2. The van der Waals surface area contributed by atoms with Crippen LogP contribution in [0, 0.1) is 0 Å². The summed E-state index contributed by atoms with van der Waals surface area (Å²) >= 11 is 0. The highest BCUT2D eigenvalue weighted by atomic mass is 15.0. The highest BCUT2D eigenvalue weighted by Gasteiger charge is 2.03. The largest absolute Gasteiger partial charge is 0.368 e. The van der Waals surface area contributed by atoms with Crippen molar-refractivity contribution in [3.05, 3.63) is 24.0 Å². The molecule has 0 aliphatic rings. The average molecular weight is 163 g/mol. The van der Waals surface area contributed by atoms with Gasteiger partial charge in [-0.1, -0.05) is 20.4 Å². The highest BCUT2D eigenvalue weighted by Crippen LogP contribution is 2.13. The number of anilines is 1. The average Bonchev–Trinajstić information content (AvgIpc) is 2.03. The van der Waals surface area contributed by atoms with Crippen LogP contribution in [-0.4, -0.2) is 9.97 Å². The fourth-order valence-electron chi connectivity index (χ4n) is 0.906. The van der Waals surface area contributed by atoms with Crippen molar-refractivity contribution in [3.63, 3.8) is 0 Å². The summed E-state index contributed by atoms with van der Waals surface area (Å²) in [6.07, 6.45) is 1.67. The standard InChI is InChI=1S/C9H13N3/c1-4-7-5-8(6(2)3)12-9(10)11-7/h4-6H,1H2,2-3H3,(H2,10,11,12). The van der Waals surface area contributed by atoms with Crippen LogP contribution in [0.3, 0.4) is 0 Å². The zero-order valence-electron chi connectivity index (χ0n) is 7.41. The molecule has 0 unspecified atom stereocenters. The van der Waals surface area contributed by atoms with E-state index in [1.54, 1.807) is 6.08 Å². The Kier molecular flexibility index (Phi) is 2.43. The maximum Gasteiger partial charge on any atom is 0.220 e. The molecule has 3 heteroatoms. The van der Waals surface area contributed by atoms with Gasteiger partial charge in [-0.05, 0) is 18.1 Å². The van der Waals surface area contributed by atoms with E-state index in [2.05, 4.69) is 30.4 Å². The second kappa shape index (κ2) is 3.34. The van der Waals surface area contributed by atoms with Crippen molar-refractivity contribution in [2.45, 2.75) is 19.8 Å². The highest BCUT2D eigenvalue weighted by molar-refractivity contribution is 5.44. The van der Waals surface area contributed by atoms with Crippen LogP contribution in [0.2, 0.25) is 0 Å². The summed E-state index contributed by atoms with van der Waals surface area (Å²) in [5.41, 5.74) is 7.24. The van der Waals surface area contributed by atoms with Crippen LogP contribution in [0.5, 0.6) is 0 Å². The molecule has 12 heavy (non-hydrogen) atoms. The van der Waals surface area contributed by atoms with Gasteiger partial charge in [0, 0.05) is 5.69 Å². The van der Waals surface area contributed by atoms with Crippen molar-refractivity contribution in [1.29, 1.82) is 0 Å². The zero-order chi connectivity index (χ0) is 9.14. The van der Waals surface area contributed by atoms with Gasteiger partial charge in [-0.2, -0.15) is 0 Å². The minimum atomic E-state index is 0.316. The van der Waals surface area contributed by atoms with Gasteiger partial charge in [0.25, 0.3) is 0 Å². The minimum absolute atomic E-state index is 0.316. The van der Waals surface area contributed by atoms with Crippen molar-refractivity contribution >= 4 is 12.0 Å². The van der Waals surface area contributed by atoms with Crippen molar-refractivity contribution in [1.82, 2.24) is 9.97 Å². The molecular formula is C9H13N3. The van der Waals surface area contributed by atoms with E-state index < -0.39 is 0 Å². The summed E-state index contributed by atoms with van der Waals surface area (Å²) < 4.78 is 0. The molecule has 0 amide bonds. The van der Waals surface area contributed by atoms with Crippen LogP contribution in [0.1, 0.15) is 31.2 Å². The number of hydrogen-bond donors (Lipinski definition) is 1. The Morgan fingerprint density at radius 2 is 2.17 bits per heavy atom. The lowest BCUT2D eigenvalue weighted by molar-refractivity contribution is 0.816. The van der Waals surface area contributed by atoms with Crippen LogP contribution in [0.4, 0.5) is 5.95 Å². The van der Waals surface area contributed by atoms with E-state index in [1.807, 2.05) is 6.07 Å². The third-order valence-electron chi connectivity index (χ3n) is 1.58. The van der Waals surface area contributed by atoms with Gasteiger partial charge in [-0.15, -0.1) is 0 Å². The lowest BCUT2D eigenvalue weighted by Gasteiger charge is -2.05. The Hall–Kier alpha value is -1.38. The first-order valence-electron chi connectivity index (χ1n) is 3.90. The third kappa shape index (κ3) is 1.81. The molecule has 0 aliphatic heterocycles. The number of aromatic nitrogens is 2. The Balaban J connectivity index is 3.14. The first kappa shape index (κ1) is 8.71. The quantitative estimate of drug-likeness (QED) is 0.723. The molecule has 0 spiro atoms. The van der Waals surface area contributed by atoms with Gasteiger partial charge in [0.1, 0.15) is 0 Å². The second-order valence-corrected chi connectivity index (χ2v) is 2.93. The van der Waals surface area contributed by atoms with E-state index in [0.717, 1.165) is 11.4 Å². The molecule has 0 saturated heterocycles. The van der Waals surface area contributed by atoms with E-state index >= 15 is 0 Å². The summed E-state index contributed by atoms with van der Waals surface area (Å²) in [4.78, 5) is 8.08. The first-order valence-corrected chi connectivity index (χ1v) is 3.90. The van der Waals surface area contributed by atoms with Crippen molar-refractivity contribution < 1.29 is 0 Å². The number of nitrogen functional groups attached to an aromatic ring is 1. The van der Waals surface area contributed by atoms with Gasteiger partial charge in [0.05, 0.1) is 5.69 Å². The summed E-state index contributed by atoms with van der Waals surface area (Å²) in [6, 6.07) is 1.90. The van der Waals surface area contributed by atoms with E-state index in [0.29, 0.717) is 11.9 Å². The molecule has 64 valence electrons. The lowest BCUT2D eigenvalue weighted by atomic mass is 10.1. The smallest absolute Gasteiger partial charge is 0.220 e. The number of nitrogens with zero attached hydrogens (tertiary/aromatic N) is 2. The van der Waals surface area contributed by atoms with Gasteiger partial charge in [0.2, 0.25) is 5.95 Å². The topological polar surface area (TPSA) is 51.8 Å². The van der Waals surface area contributed by atoms with Gasteiger partial charge in [0.15, 0.2) is 0 Å². The Bertz CT molecular complexity index is 292. The zero-order valence-corrected chi connectivity index (χ0v) is 7.41. The van der Waals surface area contributed by atoms with Crippen LogP contribution in [0.25, 0.3) is 6.08 Å². The molecule has 1 aromatic heterocycles. The number of nitrogens with two attached hydrogens (primary N) is 1. The molecule has 2 N–H and O–H groups in total. The molecule has 3 nitrogen and oxygen atoms in total. The van der Waals surface area contributed by atoms with E-state index in [-0.39, 0.29) is 0 Å². The van der Waals surface area contributed by atoms with E-state index in [1.165, 1.54) is 0 Å². The predicted octanol–water partition coefficient (Wildman–Crippen LogP) is 1.83. The van der Waals surface area contributed by atoms with Gasteiger partial charge < -0.3 is 5.73 Å². The summed E-state index contributed by atoms with van der Waals surface area (Å²) in [5.74, 6) is 0.685. The van der Waals surface area contributed by atoms with Gasteiger partial charge in [-0.25, -0.2) is 9.97 Å². The maximum absolute atomic E-state index is 5.50. The lowest BCUT2D eigenvalue weighted by Crippen LogP contribution is -2.01. The summed E-state index contributed by atoms with van der Waals surface area (Å²) in [6.45, 7) is 7.75. The molecule has 1 aromatic rings. The first-order chi connectivity index (χ1) is 5.63. The van der Waals surface area contributed by atoms with Crippen LogP contribution >= 0.6 is 0 Å². The Labute approximate surface area is 72.3 Å². The molecule has 0 radical (unpaired) electrons. The molecule has 0 bridgehead atoms. The monoisotopic (exact) mass is 163 g/mol. The minimum Gasteiger partial charge on any atom is -0.368 e. The Morgan fingerprint density at radius 1 is 1.50 bits per heavy atom. The predicted molar refractivity (Wildman–Crippen MR) is 50.6 cm³/mol. The third-order valence-corrected chi connectivity index (χ3v) is 1.58. The van der Waals surface area contributed by atoms with E-state index in [9.17, 15) is 0 Å². The summed E-state index contributed by atoms with van der Waals surface area (Å²) in [5, 5.41) is 0. The fraction of sp³-hybridized carbons (Fsp3) is 0.333. The van der Waals surface area contributed by atoms with Crippen molar-refractivity contribution in [3.8, 4) is 0 Å². The SMILES string of the molecule is C=Cc1cc(C(C)C)nc(N)n1. The van der Waals surface area contributed by atoms with Gasteiger partial charge >= 0.3 is 0 Å². The van der Waals surface area contributed by atoms with Gasteiger partial charge in [-0.3, -0.25) is 0 Å². The second-order valence-electron chi connectivity index (χ2n) is 2.93. The molecule has 1 rings (SSSR count). The number of rotatable bonds is 2. The molecule has 1 heterocycles.